The molecule has 2 aromatic rings. The lowest BCUT2D eigenvalue weighted by atomic mass is 10.2. The third-order valence-electron chi connectivity index (χ3n) is 2.67. The lowest BCUT2D eigenvalue weighted by molar-refractivity contribution is 0.0955. The molecule has 1 N–H and O–H groups in total. The number of carbonyl (C=O) groups excluding carboxylic acids is 1. The molecule has 0 aliphatic carbocycles. The SMILES string of the molecule is COc1ccc(C=NNC(=O)c2ccccc2Cl)cc1Br. The maximum absolute atomic E-state index is 11.9. The molecule has 0 aliphatic heterocycles. The molecule has 0 unspecified atom stereocenters. The van der Waals surface area contributed by atoms with E-state index >= 15 is 0 Å². The van der Waals surface area contributed by atoms with Crippen molar-refractivity contribution in [3.8, 4) is 5.75 Å². The van der Waals surface area contributed by atoms with Gasteiger partial charge in [0.2, 0.25) is 0 Å². The quantitative estimate of drug-likeness (QED) is 0.659. The second-order valence-electron chi connectivity index (χ2n) is 4.07. The van der Waals surface area contributed by atoms with Crippen molar-refractivity contribution < 1.29 is 9.53 Å². The van der Waals surface area contributed by atoms with Gasteiger partial charge in [-0.15, -0.1) is 0 Å². The van der Waals surface area contributed by atoms with Gasteiger partial charge >= 0.3 is 0 Å². The van der Waals surface area contributed by atoms with Crippen molar-refractivity contribution in [2.24, 2.45) is 5.10 Å². The number of amides is 1. The van der Waals surface area contributed by atoms with E-state index in [0.717, 1.165) is 15.8 Å². The summed E-state index contributed by atoms with van der Waals surface area (Å²) in [6.45, 7) is 0. The highest BCUT2D eigenvalue weighted by atomic mass is 79.9. The molecular weight excluding hydrogens is 356 g/mol. The predicted molar refractivity (Wildman–Crippen MR) is 87.2 cm³/mol. The summed E-state index contributed by atoms with van der Waals surface area (Å²) in [5.41, 5.74) is 3.64. The van der Waals surface area contributed by atoms with Gasteiger partial charge < -0.3 is 4.74 Å². The molecule has 1 amide bonds. The zero-order valence-electron chi connectivity index (χ0n) is 11.1. The maximum atomic E-state index is 11.9. The summed E-state index contributed by atoms with van der Waals surface area (Å²) in [5.74, 6) is 0.372. The van der Waals surface area contributed by atoms with Crippen LogP contribution in [0.3, 0.4) is 0 Å². The zero-order chi connectivity index (χ0) is 15.2. The lowest BCUT2D eigenvalue weighted by Gasteiger charge is -2.04. The Morgan fingerprint density at radius 2 is 2.10 bits per heavy atom. The summed E-state index contributed by atoms with van der Waals surface area (Å²) in [5, 5.41) is 4.30. The average molecular weight is 368 g/mol. The summed E-state index contributed by atoms with van der Waals surface area (Å²) < 4.78 is 5.95. The molecule has 0 aromatic heterocycles. The molecule has 0 atom stereocenters. The van der Waals surface area contributed by atoms with Crippen LogP contribution in [-0.2, 0) is 0 Å². The number of halogens is 2. The fraction of sp³-hybridized carbons (Fsp3) is 0.0667. The van der Waals surface area contributed by atoms with E-state index in [1.54, 1.807) is 43.7 Å². The first-order chi connectivity index (χ1) is 10.1. The molecule has 0 saturated carbocycles. The summed E-state index contributed by atoms with van der Waals surface area (Å²) >= 11 is 9.32. The van der Waals surface area contributed by atoms with Crippen molar-refractivity contribution in [3.05, 3.63) is 63.1 Å². The first-order valence-electron chi connectivity index (χ1n) is 6.03. The summed E-state index contributed by atoms with van der Waals surface area (Å²) in [7, 11) is 1.59. The van der Waals surface area contributed by atoms with Crippen molar-refractivity contribution in [1.29, 1.82) is 0 Å². The van der Waals surface area contributed by atoms with Crippen LogP contribution in [0.25, 0.3) is 0 Å². The monoisotopic (exact) mass is 366 g/mol. The second-order valence-corrected chi connectivity index (χ2v) is 5.33. The summed E-state index contributed by atoms with van der Waals surface area (Å²) in [6, 6.07) is 12.3. The van der Waals surface area contributed by atoms with Crippen molar-refractivity contribution in [1.82, 2.24) is 5.43 Å². The standard InChI is InChI=1S/C15H12BrClN2O2/c1-21-14-7-6-10(8-12(14)16)9-18-19-15(20)11-4-2-3-5-13(11)17/h2-9H,1H3,(H,19,20). The largest absolute Gasteiger partial charge is 0.496 e. The number of nitrogens with zero attached hydrogens (tertiary/aromatic N) is 1. The highest BCUT2D eigenvalue weighted by Gasteiger charge is 2.07. The molecule has 0 spiro atoms. The van der Waals surface area contributed by atoms with Gasteiger partial charge in [-0.05, 0) is 51.8 Å². The van der Waals surface area contributed by atoms with Crippen LogP contribution in [0.15, 0.2) is 52.0 Å². The van der Waals surface area contributed by atoms with Crippen molar-refractivity contribution in [2.75, 3.05) is 7.11 Å². The number of hydrogen-bond acceptors (Lipinski definition) is 3. The topological polar surface area (TPSA) is 50.7 Å². The Labute approximate surface area is 135 Å². The molecule has 6 heteroatoms. The minimum absolute atomic E-state index is 0.357. The molecule has 21 heavy (non-hydrogen) atoms. The van der Waals surface area contributed by atoms with E-state index < -0.39 is 0 Å². The van der Waals surface area contributed by atoms with E-state index in [0.29, 0.717) is 10.6 Å². The predicted octanol–water partition coefficient (Wildman–Crippen LogP) is 3.88. The third kappa shape index (κ3) is 4.06. The number of nitrogens with one attached hydrogen (secondary N) is 1. The Morgan fingerprint density at radius 3 is 2.76 bits per heavy atom. The molecule has 0 aliphatic rings. The number of methoxy groups -OCH3 is 1. The van der Waals surface area contributed by atoms with Gasteiger partial charge in [0.1, 0.15) is 5.75 Å². The van der Waals surface area contributed by atoms with Crippen molar-refractivity contribution >= 4 is 39.7 Å². The number of carbonyl (C=O) groups is 1. The first-order valence-corrected chi connectivity index (χ1v) is 7.20. The fourth-order valence-corrected chi connectivity index (χ4v) is 2.41. The fourth-order valence-electron chi connectivity index (χ4n) is 1.63. The molecule has 0 fully saturated rings. The molecular formula is C15H12BrClN2O2. The van der Waals surface area contributed by atoms with Crippen LogP contribution in [0.5, 0.6) is 5.75 Å². The van der Waals surface area contributed by atoms with Gasteiger partial charge in [-0.25, -0.2) is 5.43 Å². The molecule has 0 bridgehead atoms. The van der Waals surface area contributed by atoms with Gasteiger partial charge in [-0.3, -0.25) is 4.79 Å². The first kappa shape index (κ1) is 15.5. The molecule has 0 saturated heterocycles. The molecule has 2 aromatic carbocycles. The van der Waals surface area contributed by atoms with E-state index in [-0.39, 0.29) is 5.91 Å². The molecule has 4 nitrogen and oxygen atoms in total. The van der Waals surface area contributed by atoms with Crippen LogP contribution in [-0.4, -0.2) is 19.2 Å². The normalized spacial score (nSPS) is 10.6. The second kappa shape index (κ2) is 7.24. The summed E-state index contributed by atoms with van der Waals surface area (Å²) in [6.07, 6.45) is 1.54. The molecule has 108 valence electrons. The molecule has 0 radical (unpaired) electrons. The van der Waals surface area contributed by atoms with Gasteiger partial charge in [0, 0.05) is 0 Å². The third-order valence-corrected chi connectivity index (χ3v) is 3.62. The lowest BCUT2D eigenvalue weighted by Crippen LogP contribution is -2.17. The van der Waals surface area contributed by atoms with Gasteiger partial charge in [0.25, 0.3) is 5.91 Å². The Morgan fingerprint density at radius 1 is 1.33 bits per heavy atom. The van der Waals surface area contributed by atoms with Crippen molar-refractivity contribution in [2.45, 2.75) is 0 Å². The smallest absolute Gasteiger partial charge is 0.272 e. The minimum Gasteiger partial charge on any atom is -0.496 e. The van der Waals surface area contributed by atoms with Crippen LogP contribution in [0.4, 0.5) is 0 Å². The maximum Gasteiger partial charge on any atom is 0.272 e. The molecule has 0 heterocycles. The van der Waals surface area contributed by atoms with E-state index in [4.69, 9.17) is 16.3 Å². The number of hydrazone groups is 1. The van der Waals surface area contributed by atoms with E-state index in [1.807, 2.05) is 12.1 Å². The Balaban J connectivity index is 2.04. The van der Waals surface area contributed by atoms with Crippen molar-refractivity contribution in [3.63, 3.8) is 0 Å². The number of rotatable bonds is 4. The minimum atomic E-state index is -0.357. The molecule has 2 rings (SSSR count). The van der Waals surface area contributed by atoms with Crippen LogP contribution >= 0.6 is 27.5 Å². The van der Waals surface area contributed by atoms with Crippen LogP contribution in [0.1, 0.15) is 15.9 Å². The van der Waals surface area contributed by atoms with Crippen LogP contribution in [0, 0.1) is 0 Å². The summed E-state index contributed by atoms with van der Waals surface area (Å²) in [4.78, 5) is 11.9. The van der Waals surface area contributed by atoms with Crippen LogP contribution in [0.2, 0.25) is 5.02 Å². The Hall–Kier alpha value is -1.85. The van der Waals surface area contributed by atoms with Gasteiger partial charge in [-0.2, -0.15) is 5.10 Å². The Bertz CT molecular complexity index is 689. The van der Waals surface area contributed by atoms with Crippen LogP contribution < -0.4 is 10.2 Å². The number of ether oxygens (including phenoxy) is 1. The number of hydrogen-bond donors (Lipinski definition) is 1. The van der Waals surface area contributed by atoms with Gasteiger partial charge in [0.15, 0.2) is 0 Å². The zero-order valence-corrected chi connectivity index (χ0v) is 13.5. The van der Waals surface area contributed by atoms with E-state index in [1.165, 1.54) is 0 Å². The average Bonchev–Trinajstić information content (AvgIpc) is 2.48. The van der Waals surface area contributed by atoms with Gasteiger partial charge in [0.05, 0.1) is 28.4 Å². The van der Waals surface area contributed by atoms with E-state index in [2.05, 4.69) is 26.5 Å². The van der Waals surface area contributed by atoms with Gasteiger partial charge in [-0.1, -0.05) is 23.7 Å². The highest BCUT2D eigenvalue weighted by Crippen LogP contribution is 2.24. The number of benzene rings is 2. The highest BCUT2D eigenvalue weighted by molar-refractivity contribution is 9.10. The van der Waals surface area contributed by atoms with E-state index in [9.17, 15) is 4.79 Å². The Kier molecular flexibility index (Phi) is 5.36.